The van der Waals surface area contributed by atoms with E-state index in [2.05, 4.69) is 52.5 Å². The van der Waals surface area contributed by atoms with E-state index in [1.165, 1.54) is 38.0 Å². The number of hydrogen-bond donors (Lipinski definition) is 0. The van der Waals surface area contributed by atoms with Crippen LogP contribution in [0.25, 0.3) is 0 Å². The highest BCUT2D eigenvalue weighted by atomic mass is 15.1. The highest BCUT2D eigenvalue weighted by Gasteiger charge is 2.08. The van der Waals surface area contributed by atoms with Gasteiger partial charge >= 0.3 is 0 Å². The summed E-state index contributed by atoms with van der Waals surface area (Å²) in [7, 11) is 0. The van der Waals surface area contributed by atoms with E-state index in [9.17, 15) is 0 Å². The lowest BCUT2D eigenvalue weighted by molar-refractivity contribution is 0.217. The van der Waals surface area contributed by atoms with Gasteiger partial charge in [-0.1, -0.05) is 39.3 Å². The molecule has 0 saturated heterocycles. The smallest absolute Gasteiger partial charge is 0.000450 e. The minimum absolute atomic E-state index is 0.779. The van der Waals surface area contributed by atoms with Gasteiger partial charge in [-0.05, 0) is 45.1 Å². The van der Waals surface area contributed by atoms with Crippen molar-refractivity contribution in [3.8, 4) is 0 Å². The molecule has 0 unspecified atom stereocenters. The van der Waals surface area contributed by atoms with Gasteiger partial charge in [0.15, 0.2) is 0 Å². The van der Waals surface area contributed by atoms with Crippen LogP contribution in [0.2, 0.25) is 0 Å². The van der Waals surface area contributed by atoms with E-state index in [4.69, 9.17) is 0 Å². The zero-order valence-electron chi connectivity index (χ0n) is 12.2. The Kier molecular flexibility index (Phi) is 8.64. The van der Waals surface area contributed by atoms with Crippen LogP contribution in [0.4, 0.5) is 0 Å². The number of rotatable bonds is 8. The van der Waals surface area contributed by atoms with Crippen molar-refractivity contribution in [1.82, 2.24) is 4.90 Å². The molecule has 16 heavy (non-hydrogen) atoms. The molecule has 0 radical (unpaired) electrons. The lowest BCUT2D eigenvalue weighted by Gasteiger charge is -2.26. The van der Waals surface area contributed by atoms with E-state index in [-0.39, 0.29) is 0 Å². The van der Waals surface area contributed by atoms with Crippen LogP contribution in [0.1, 0.15) is 54.4 Å². The number of hydrogen-bond acceptors (Lipinski definition) is 1. The van der Waals surface area contributed by atoms with Gasteiger partial charge in [0.05, 0.1) is 0 Å². The van der Waals surface area contributed by atoms with E-state index in [1.54, 1.807) is 0 Å². The van der Waals surface area contributed by atoms with Crippen LogP contribution in [-0.2, 0) is 0 Å². The van der Waals surface area contributed by atoms with Gasteiger partial charge < -0.3 is 4.90 Å². The summed E-state index contributed by atoms with van der Waals surface area (Å²) in [6.07, 6.45) is 4.79. The zero-order valence-corrected chi connectivity index (χ0v) is 12.2. The maximum Gasteiger partial charge on any atom is 0.000450 e. The van der Waals surface area contributed by atoms with E-state index < -0.39 is 0 Å². The molecule has 0 aromatic carbocycles. The Morgan fingerprint density at radius 2 is 1.56 bits per heavy atom. The van der Waals surface area contributed by atoms with Crippen molar-refractivity contribution in [1.29, 1.82) is 0 Å². The summed E-state index contributed by atoms with van der Waals surface area (Å²) in [5.41, 5.74) is 1.52. The van der Waals surface area contributed by atoms with Gasteiger partial charge in [-0.15, -0.1) is 0 Å². The van der Waals surface area contributed by atoms with Crippen LogP contribution in [0.5, 0.6) is 0 Å². The van der Waals surface area contributed by atoms with Crippen LogP contribution in [0.15, 0.2) is 11.6 Å². The first kappa shape index (κ1) is 15.7. The Labute approximate surface area is 103 Å². The molecule has 1 heteroatoms. The largest absolute Gasteiger partial charge is 0.303 e. The molecule has 0 rings (SSSR count). The summed E-state index contributed by atoms with van der Waals surface area (Å²) >= 11 is 0. The Morgan fingerprint density at radius 1 is 1.06 bits per heavy atom. The monoisotopic (exact) mass is 225 g/mol. The first-order valence-electron chi connectivity index (χ1n) is 6.79. The maximum atomic E-state index is 2.62. The molecule has 0 N–H and O–H groups in total. The minimum Gasteiger partial charge on any atom is -0.303 e. The Balaban J connectivity index is 3.91. The molecule has 0 atom stereocenters. The van der Waals surface area contributed by atoms with Gasteiger partial charge in [-0.2, -0.15) is 0 Å². The maximum absolute atomic E-state index is 2.62. The van der Waals surface area contributed by atoms with Crippen molar-refractivity contribution < 1.29 is 0 Å². The van der Waals surface area contributed by atoms with Crippen molar-refractivity contribution in [3.63, 3.8) is 0 Å². The molecule has 0 aliphatic rings. The van der Waals surface area contributed by atoms with Crippen LogP contribution in [0, 0.1) is 11.8 Å². The molecule has 0 spiro atoms. The molecule has 0 saturated carbocycles. The molecule has 1 nitrogen and oxygen atoms in total. The topological polar surface area (TPSA) is 3.24 Å². The number of allylic oxidation sites excluding steroid dienone is 2. The summed E-state index contributed by atoms with van der Waals surface area (Å²) in [4.78, 5) is 2.62. The molecular weight excluding hydrogens is 194 g/mol. The zero-order chi connectivity index (χ0) is 12.6. The molecule has 0 aliphatic carbocycles. The summed E-state index contributed by atoms with van der Waals surface area (Å²) < 4.78 is 0. The van der Waals surface area contributed by atoms with Crippen molar-refractivity contribution in [2.75, 3.05) is 19.6 Å². The second-order valence-electron chi connectivity index (χ2n) is 5.79. The fourth-order valence-corrected chi connectivity index (χ4v) is 2.02. The van der Waals surface area contributed by atoms with Crippen molar-refractivity contribution in [2.24, 2.45) is 11.8 Å². The van der Waals surface area contributed by atoms with Gasteiger partial charge in [0.25, 0.3) is 0 Å². The normalized spacial score (nSPS) is 13.2. The summed E-state index contributed by atoms with van der Waals surface area (Å²) in [6.45, 7) is 17.3. The summed E-state index contributed by atoms with van der Waals surface area (Å²) in [6, 6.07) is 0. The van der Waals surface area contributed by atoms with Crippen LogP contribution in [-0.4, -0.2) is 24.5 Å². The number of nitrogens with zero attached hydrogens (tertiary/aromatic N) is 1. The summed E-state index contributed by atoms with van der Waals surface area (Å²) in [5.74, 6) is 1.56. The van der Waals surface area contributed by atoms with Gasteiger partial charge in [0.2, 0.25) is 0 Å². The molecule has 0 aliphatic heterocycles. The predicted octanol–water partition coefficient (Wildman–Crippen LogP) is 4.35. The Bertz CT molecular complexity index is 182. The van der Waals surface area contributed by atoms with Crippen molar-refractivity contribution in [3.05, 3.63) is 11.6 Å². The third kappa shape index (κ3) is 8.96. The first-order chi connectivity index (χ1) is 7.45. The molecule has 0 amide bonds. The highest BCUT2D eigenvalue weighted by Crippen LogP contribution is 2.08. The predicted molar refractivity (Wildman–Crippen MR) is 74.8 cm³/mol. The van der Waals surface area contributed by atoms with Crippen LogP contribution in [0.3, 0.4) is 0 Å². The standard InChI is InChI=1S/C15H31N/c1-7-15(6)9-8-10-16(11-13(2)3)12-14(4)5/h7,13-14H,8-12H2,1-6H3. The Morgan fingerprint density at radius 3 is 1.94 bits per heavy atom. The lowest BCUT2D eigenvalue weighted by Crippen LogP contribution is -2.32. The van der Waals surface area contributed by atoms with Gasteiger partial charge in [0.1, 0.15) is 0 Å². The minimum atomic E-state index is 0.779. The van der Waals surface area contributed by atoms with E-state index in [0.717, 1.165) is 11.8 Å². The molecule has 0 aromatic heterocycles. The molecule has 96 valence electrons. The highest BCUT2D eigenvalue weighted by molar-refractivity contribution is 4.95. The molecule has 0 bridgehead atoms. The second-order valence-corrected chi connectivity index (χ2v) is 5.79. The molecule has 0 heterocycles. The van der Waals surface area contributed by atoms with E-state index in [1.807, 2.05) is 0 Å². The lowest BCUT2D eigenvalue weighted by atomic mass is 10.1. The van der Waals surface area contributed by atoms with E-state index >= 15 is 0 Å². The fourth-order valence-electron chi connectivity index (χ4n) is 2.02. The van der Waals surface area contributed by atoms with Crippen molar-refractivity contribution >= 4 is 0 Å². The average molecular weight is 225 g/mol. The first-order valence-corrected chi connectivity index (χ1v) is 6.79. The quantitative estimate of drug-likeness (QED) is 0.555. The van der Waals surface area contributed by atoms with Crippen LogP contribution < -0.4 is 0 Å². The molecule has 0 aromatic rings. The molecule has 0 fully saturated rings. The third-order valence-corrected chi connectivity index (χ3v) is 2.78. The van der Waals surface area contributed by atoms with Crippen LogP contribution >= 0.6 is 0 Å². The SMILES string of the molecule is CC=C(C)CCCN(CC(C)C)CC(C)C. The summed E-state index contributed by atoms with van der Waals surface area (Å²) in [5, 5.41) is 0. The second kappa shape index (κ2) is 8.81. The molecular formula is C15H31N. The Hall–Kier alpha value is -0.300. The van der Waals surface area contributed by atoms with Gasteiger partial charge in [0, 0.05) is 13.1 Å². The fraction of sp³-hybridized carbons (Fsp3) is 0.867. The van der Waals surface area contributed by atoms with Crippen molar-refractivity contribution in [2.45, 2.75) is 54.4 Å². The van der Waals surface area contributed by atoms with Gasteiger partial charge in [-0.25, -0.2) is 0 Å². The third-order valence-electron chi connectivity index (χ3n) is 2.78. The van der Waals surface area contributed by atoms with Gasteiger partial charge in [-0.3, -0.25) is 0 Å². The van der Waals surface area contributed by atoms with E-state index in [0.29, 0.717) is 0 Å². The average Bonchev–Trinajstić information content (AvgIpc) is 2.15.